The van der Waals surface area contributed by atoms with Crippen molar-refractivity contribution < 1.29 is 14.3 Å². The molecule has 0 saturated carbocycles. The predicted molar refractivity (Wildman–Crippen MR) is 67.2 cm³/mol. The van der Waals surface area contributed by atoms with Gasteiger partial charge in [-0.25, -0.2) is 9.18 Å². The molecular weight excluding hydrogens is 289 g/mol. The van der Waals surface area contributed by atoms with E-state index in [1.165, 1.54) is 12.1 Å². The molecule has 0 amide bonds. The molecule has 2 N–H and O–H groups in total. The number of hydrogen-bond donors (Lipinski definition) is 2. The van der Waals surface area contributed by atoms with Crippen LogP contribution < -0.4 is 5.32 Å². The fourth-order valence-corrected chi connectivity index (χ4v) is 1.72. The van der Waals surface area contributed by atoms with Gasteiger partial charge in [0.15, 0.2) is 0 Å². The molecule has 17 heavy (non-hydrogen) atoms. The maximum atomic E-state index is 13.0. The number of carboxylic acids is 1. The average Bonchev–Trinajstić information content (AvgIpc) is 2.22. The zero-order chi connectivity index (χ0) is 12.8. The minimum absolute atomic E-state index is 0.289. The molecule has 0 heterocycles. The van der Waals surface area contributed by atoms with Gasteiger partial charge in [0.2, 0.25) is 0 Å². The highest BCUT2D eigenvalue weighted by Crippen LogP contribution is 2.17. The summed E-state index contributed by atoms with van der Waals surface area (Å²) in [5.74, 6) is -1.25. The van der Waals surface area contributed by atoms with E-state index in [0.717, 1.165) is 16.1 Å². The summed E-state index contributed by atoms with van der Waals surface area (Å²) < 4.78 is 13.8. The van der Waals surface area contributed by atoms with Gasteiger partial charge in [-0.3, -0.25) is 0 Å². The van der Waals surface area contributed by atoms with E-state index in [-0.39, 0.29) is 5.82 Å². The van der Waals surface area contributed by atoms with Crippen molar-refractivity contribution in [3.63, 3.8) is 0 Å². The van der Waals surface area contributed by atoms with Crippen LogP contribution in [0, 0.1) is 5.82 Å². The Balaban J connectivity index is 2.51. The third kappa shape index (κ3) is 5.10. The molecule has 0 fully saturated rings. The largest absolute Gasteiger partial charge is 0.478 e. The molecule has 0 aliphatic heterocycles. The van der Waals surface area contributed by atoms with Gasteiger partial charge in [-0.05, 0) is 30.7 Å². The SMILES string of the molecule is C/C(=C/C(=O)O)CNCc1cc(F)ccc1Br. The van der Waals surface area contributed by atoms with E-state index in [1.54, 1.807) is 13.0 Å². The molecule has 0 unspecified atom stereocenters. The molecule has 1 aromatic rings. The molecular formula is C12H13BrFNO2. The number of nitrogens with one attached hydrogen (secondary N) is 1. The molecule has 0 atom stereocenters. The second kappa shape index (κ2) is 6.51. The topological polar surface area (TPSA) is 49.3 Å². The molecule has 0 aliphatic carbocycles. The van der Waals surface area contributed by atoms with E-state index in [4.69, 9.17) is 5.11 Å². The van der Waals surface area contributed by atoms with E-state index < -0.39 is 5.97 Å². The standard InChI is InChI=1S/C12H13BrFNO2/c1-8(4-12(16)17)6-15-7-9-5-10(14)2-3-11(9)13/h2-5,15H,6-7H2,1H3,(H,16,17)/b8-4-. The fourth-order valence-electron chi connectivity index (χ4n) is 1.33. The molecule has 92 valence electrons. The predicted octanol–water partition coefficient (Wildman–Crippen LogP) is 2.71. The van der Waals surface area contributed by atoms with Crippen LogP contribution in [0.2, 0.25) is 0 Å². The van der Waals surface area contributed by atoms with Gasteiger partial charge in [-0.2, -0.15) is 0 Å². The Morgan fingerprint density at radius 1 is 1.59 bits per heavy atom. The molecule has 3 nitrogen and oxygen atoms in total. The van der Waals surface area contributed by atoms with Crippen molar-refractivity contribution in [2.45, 2.75) is 13.5 Å². The van der Waals surface area contributed by atoms with Crippen molar-refractivity contribution in [3.05, 3.63) is 45.7 Å². The van der Waals surface area contributed by atoms with Crippen molar-refractivity contribution >= 4 is 21.9 Å². The second-order valence-corrected chi connectivity index (χ2v) is 4.52. The molecule has 0 saturated heterocycles. The summed E-state index contributed by atoms with van der Waals surface area (Å²) in [6.45, 7) is 2.65. The summed E-state index contributed by atoms with van der Waals surface area (Å²) in [5, 5.41) is 11.6. The van der Waals surface area contributed by atoms with Crippen LogP contribution in [0.15, 0.2) is 34.3 Å². The van der Waals surface area contributed by atoms with Crippen LogP contribution in [0.5, 0.6) is 0 Å². The van der Waals surface area contributed by atoms with E-state index in [0.29, 0.717) is 18.7 Å². The van der Waals surface area contributed by atoms with Gasteiger partial charge in [0.1, 0.15) is 5.82 Å². The van der Waals surface area contributed by atoms with Gasteiger partial charge >= 0.3 is 5.97 Å². The van der Waals surface area contributed by atoms with Gasteiger partial charge in [-0.15, -0.1) is 0 Å². The van der Waals surface area contributed by atoms with Crippen molar-refractivity contribution in [2.75, 3.05) is 6.54 Å². The first-order valence-electron chi connectivity index (χ1n) is 5.04. The Labute approximate surface area is 107 Å². The Hall–Kier alpha value is -1.20. The number of benzene rings is 1. The summed E-state index contributed by atoms with van der Waals surface area (Å²) in [7, 11) is 0. The van der Waals surface area contributed by atoms with Gasteiger partial charge in [0.25, 0.3) is 0 Å². The number of hydrogen-bond acceptors (Lipinski definition) is 2. The van der Waals surface area contributed by atoms with E-state index in [1.807, 2.05) is 0 Å². The molecule has 0 radical (unpaired) electrons. The van der Waals surface area contributed by atoms with Crippen molar-refractivity contribution in [1.82, 2.24) is 5.32 Å². The van der Waals surface area contributed by atoms with Crippen LogP contribution in [-0.4, -0.2) is 17.6 Å². The first-order valence-corrected chi connectivity index (χ1v) is 5.83. The van der Waals surface area contributed by atoms with Crippen molar-refractivity contribution in [3.8, 4) is 0 Å². The van der Waals surface area contributed by atoms with Gasteiger partial charge in [-0.1, -0.05) is 21.5 Å². The summed E-state index contributed by atoms with van der Waals surface area (Å²) in [6, 6.07) is 4.46. The van der Waals surface area contributed by atoms with Gasteiger partial charge in [0.05, 0.1) is 0 Å². The fraction of sp³-hybridized carbons (Fsp3) is 0.250. The summed E-state index contributed by atoms with van der Waals surface area (Å²) in [5.41, 5.74) is 1.51. The van der Waals surface area contributed by atoms with Crippen LogP contribution in [0.4, 0.5) is 4.39 Å². The number of rotatable bonds is 5. The molecule has 5 heteroatoms. The lowest BCUT2D eigenvalue weighted by molar-refractivity contribution is -0.131. The first-order chi connectivity index (χ1) is 7.99. The Morgan fingerprint density at radius 3 is 2.94 bits per heavy atom. The summed E-state index contributed by atoms with van der Waals surface area (Å²) >= 11 is 3.32. The molecule has 0 bridgehead atoms. The number of aliphatic carboxylic acids is 1. The van der Waals surface area contributed by atoms with Crippen molar-refractivity contribution in [2.24, 2.45) is 0 Å². The summed E-state index contributed by atoms with van der Waals surface area (Å²) in [6.07, 6.45) is 1.15. The van der Waals surface area contributed by atoms with Gasteiger partial charge < -0.3 is 10.4 Å². The average molecular weight is 302 g/mol. The van der Waals surface area contributed by atoms with Crippen LogP contribution in [-0.2, 0) is 11.3 Å². The lowest BCUT2D eigenvalue weighted by Gasteiger charge is -2.07. The quantitative estimate of drug-likeness (QED) is 0.822. The lowest BCUT2D eigenvalue weighted by atomic mass is 10.2. The smallest absolute Gasteiger partial charge is 0.328 e. The normalized spacial score (nSPS) is 11.6. The van der Waals surface area contributed by atoms with Crippen LogP contribution in [0.1, 0.15) is 12.5 Å². The van der Waals surface area contributed by atoms with E-state index >= 15 is 0 Å². The van der Waals surface area contributed by atoms with Crippen molar-refractivity contribution in [1.29, 1.82) is 0 Å². The third-order valence-electron chi connectivity index (χ3n) is 2.10. The van der Waals surface area contributed by atoms with Crippen LogP contribution in [0.25, 0.3) is 0 Å². The molecule has 1 rings (SSSR count). The number of carbonyl (C=O) groups is 1. The van der Waals surface area contributed by atoms with Crippen LogP contribution >= 0.6 is 15.9 Å². The second-order valence-electron chi connectivity index (χ2n) is 3.67. The Bertz CT molecular complexity index is 446. The lowest BCUT2D eigenvalue weighted by Crippen LogP contribution is -2.16. The van der Waals surface area contributed by atoms with E-state index in [2.05, 4.69) is 21.2 Å². The minimum Gasteiger partial charge on any atom is -0.478 e. The van der Waals surface area contributed by atoms with Crippen LogP contribution in [0.3, 0.4) is 0 Å². The monoisotopic (exact) mass is 301 g/mol. The zero-order valence-corrected chi connectivity index (χ0v) is 10.9. The molecule has 1 aromatic carbocycles. The Kier molecular flexibility index (Phi) is 5.31. The minimum atomic E-state index is -0.962. The van der Waals surface area contributed by atoms with Gasteiger partial charge in [0, 0.05) is 23.6 Å². The maximum absolute atomic E-state index is 13.0. The highest BCUT2D eigenvalue weighted by molar-refractivity contribution is 9.10. The number of carboxylic acid groups (broad SMARTS) is 1. The Morgan fingerprint density at radius 2 is 2.29 bits per heavy atom. The molecule has 0 aromatic heterocycles. The number of halogens is 2. The third-order valence-corrected chi connectivity index (χ3v) is 2.87. The summed E-state index contributed by atoms with van der Waals surface area (Å²) in [4.78, 5) is 10.4. The molecule has 0 aliphatic rings. The maximum Gasteiger partial charge on any atom is 0.328 e. The molecule has 0 spiro atoms. The highest BCUT2D eigenvalue weighted by atomic mass is 79.9. The zero-order valence-electron chi connectivity index (χ0n) is 9.34. The highest BCUT2D eigenvalue weighted by Gasteiger charge is 2.01. The first kappa shape index (κ1) is 13.9. The van der Waals surface area contributed by atoms with E-state index in [9.17, 15) is 9.18 Å².